The zero-order chi connectivity index (χ0) is 14.7. The number of rotatable bonds is 5. The number of thioether (sulfide) groups is 1. The number of hydrogen-bond acceptors (Lipinski definition) is 5. The quantitative estimate of drug-likeness (QED) is 0.914. The third-order valence-corrected chi connectivity index (χ3v) is 4.34. The number of furan rings is 1. The van der Waals surface area contributed by atoms with E-state index in [9.17, 15) is 4.79 Å². The predicted octanol–water partition coefficient (Wildman–Crippen LogP) is 3.71. The number of aromatic nitrogens is 1. The van der Waals surface area contributed by atoms with Crippen molar-refractivity contribution in [1.29, 1.82) is 0 Å². The number of carbonyl (C=O) groups excluding carboxylic acids is 1. The van der Waals surface area contributed by atoms with Crippen LogP contribution in [0.15, 0.2) is 16.5 Å². The van der Waals surface area contributed by atoms with Gasteiger partial charge in [0.1, 0.15) is 5.76 Å². The molecular weight excluding hydrogens is 292 g/mol. The summed E-state index contributed by atoms with van der Waals surface area (Å²) in [4.78, 5) is 17.7. The van der Waals surface area contributed by atoms with E-state index < -0.39 is 0 Å². The van der Waals surface area contributed by atoms with Gasteiger partial charge in [0.2, 0.25) is 0 Å². The van der Waals surface area contributed by atoms with Crippen molar-refractivity contribution in [3.63, 3.8) is 0 Å². The van der Waals surface area contributed by atoms with E-state index in [1.807, 2.05) is 33.1 Å². The summed E-state index contributed by atoms with van der Waals surface area (Å²) in [5, 5.41) is 3.94. The van der Waals surface area contributed by atoms with E-state index in [0.717, 1.165) is 27.1 Å². The molecule has 2 heterocycles. The van der Waals surface area contributed by atoms with Crippen LogP contribution in [0.25, 0.3) is 0 Å². The van der Waals surface area contributed by atoms with Crippen LogP contribution in [0.1, 0.15) is 44.9 Å². The minimum Gasteiger partial charge on any atom is -0.455 e. The van der Waals surface area contributed by atoms with Gasteiger partial charge in [-0.2, -0.15) is 11.8 Å². The van der Waals surface area contributed by atoms with Crippen molar-refractivity contribution in [3.05, 3.63) is 39.2 Å². The van der Waals surface area contributed by atoms with E-state index >= 15 is 0 Å². The summed E-state index contributed by atoms with van der Waals surface area (Å²) >= 11 is 3.30. The van der Waals surface area contributed by atoms with Gasteiger partial charge in [-0.15, -0.1) is 11.3 Å². The molecule has 2 rings (SSSR count). The molecule has 0 fully saturated rings. The van der Waals surface area contributed by atoms with Gasteiger partial charge in [-0.25, -0.2) is 4.98 Å². The average molecular weight is 310 g/mol. The molecular formula is C14H18N2O2S2. The summed E-state index contributed by atoms with van der Waals surface area (Å²) in [5.41, 5.74) is 0.928. The van der Waals surface area contributed by atoms with Crippen LogP contribution in [0, 0.1) is 13.8 Å². The van der Waals surface area contributed by atoms with Gasteiger partial charge in [-0.1, -0.05) is 0 Å². The molecule has 0 aromatic carbocycles. The Kier molecular flexibility index (Phi) is 4.88. The zero-order valence-electron chi connectivity index (χ0n) is 12.0. The largest absolute Gasteiger partial charge is 0.455 e. The van der Waals surface area contributed by atoms with Crippen LogP contribution in [0.4, 0.5) is 0 Å². The van der Waals surface area contributed by atoms with Crippen molar-refractivity contribution < 1.29 is 9.21 Å². The topological polar surface area (TPSA) is 55.1 Å². The summed E-state index contributed by atoms with van der Waals surface area (Å²) < 4.78 is 5.51. The Hall–Kier alpha value is -1.27. The molecule has 0 saturated carbocycles. The summed E-state index contributed by atoms with van der Waals surface area (Å²) in [6, 6.07) is 3.43. The number of carbonyl (C=O) groups is 1. The van der Waals surface area contributed by atoms with Gasteiger partial charge in [0.05, 0.1) is 22.5 Å². The molecule has 2 aromatic heterocycles. The summed E-state index contributed by atoms with van der Waals surface area (Å²) in [6.07, 6.45) is 2.00. The SMILES string of the molecule is CSCc1ccc(C(=O)N[C@@H](C)c2nc(C)sc2C)o1. The molecule has 0 radical (unpaired) electrons. The van der Waals surface area contributed by atoms with E-state index in [1.165, 1.54) is 0 Å². The molecule has 0 spiro atoms. The Balaban J connectivity index is 2.05. The molecule has 0 saturated heterocycles. The second-order valence-corrected chi connectivity index (χ2v) is 6.84. The van der Waals surface area contributed by atoms with Crippen LogP contribution in [0.5, 0.6) is 0 Å². The highest BCUT2D eigenvalue weighted by Gasteiger charge is 2.18. The van der Waals surface area contributed by atoms with E-state index in [0.29, 0.717) is 5.76 Å². The fourth-order valence-electron chi connectivity index (χ4n) is 2.00. The number of aryl methyl sites for hydroxylation is 2. The monoisotopic (exact) mass is 310 g/mol. The average Bonchev–Trinajstić information content (AvgIpc) is 2.96. The molecule has 0 aliphatic carbocycles. The van der Waals surface area contributed by atoms with Gasteiger partial charge >= 0.3 is 0 Å². The van der Waals surface area contributed by atoms with Crippen LogP contribution in [-0.2, 0) is 5.75 Å². The molecule has 1 amide bonds. The van der Waals surface area contributed by atoms with E-state index in [2.05, 4.69) is 10.3 Å². The van der Waals surface area contributed by atoms with Crippen molar-refractivity contribution in [2.24, 2.45) is 0 Å². The predicted molar refractivity (Wildman–Crippen MR) is 83.4 cm³/mol. The number of nitrogens with zero attached hydrogens (tertiary/aromatic N) is 1. The van der Waals surface area contributed by atoms with Gasteiger partial charge in [0.15, 0.2) is 5.76 Å². The molecule has 0 aliphatic rings. The van der Waals surface area contributed by atoms with Gasteiger partial charge < -0.3 is 9.73 Å². The number of amides is 1. The third-order valence-electron chi connectivity index (χ3n) is 2.87. The van der Waals surface area contributed by atoms with E-state index in [4.69, 9.17) is 4.42 Å². The normalized spacial score (nSPS) is 12.4. The highest BCUT2D eigenvalue weighted by Crippen LogP contribution is 2.23. The smallest absolute Gasteiger partial charge is 0.287 e. The Labute approximate surface area is 127 Å². The molecule has 20 heavy (non-hydrogen) atoms. The highest BCUT2D eigenvalue weighted by molar-refractivity contribution is 7.97. The molecule has 4 nitrogen and oxygen atoms in total. The number of nitrogens with one attached hydrogen (secondary N) is 1. The maximum Gasteiger partial charge on any atom is 0.287 e. The number of hydrogen-bond donors (Lipinski definition) is 1. The molecule has 0 aliphatic heterocycles. The van der Waals surface area contributed by atoms with Gasteiger partial charge in [-0.3, -0.25) is 4.79 Å². The molecule has 2 aromatic rings. The van der Waals surface area contributed by atoms with Crippen molar-refractivity contribution in [2.45, 2.75) is 32.6 Å². The van der Waals surface area contributed by atoms with Crippen molar-refractivity contribution in [3.8, 4) is 0 Å². The Morgan fingerprint density at radius 3 is 2.85 bits per heavy atom. The van der Waals surface area contributed by atoms with E-state index in [-0.39, 0.29) is 11.9 Å². The van der Waals surface area contributed by atoms with Gasteiger partial charge in [0.25, 0.3) is 5.91 Å². The second kappa shape index (κ2) is 6.45. The van der Waals surface area contributed by atoms with Crippen LogP contribution in [0.2, 0.25) is 0 Å². The maximum absolute atomic E-state index is 12.1. The first-order valence-corrected chi connectivity index (χ1v) is 8.54. The Morgan fingerprint density at radius 2 is 2.25 bits per heavy atom. The molecule has 6 heteroatoms. The molecule has 1 atom stereocenters. The minimum atomic E-state index is -0.199. The summed E-state index contributed by atoms with van der Waals surface area (Å²) in [6.45, 7) is 5.92. The minimum absolute atomic E-state index is 0.124. The standard InChI is InChI=1S/C14H18N2O2S2/c1-8(13-9(2)20-10(3)16-13)15-14(17)12-6-5-11(18-12)7-19-4/h5-6,8H,7H2,1-4H3,(H,15,17)/t8-/m0/s1. The van der Waals surface area contributed by atoms with Crippen molar-refractivity contribution in [1.82, 2.24) is 10.3 Å². The van der Waals surface area contributed by atoms with Crippen LogP contribution < -0.4 is 5.32 Å². The summed E-state index contributed by atoms with van der Waals surface area (Å²) in [7, 11) is 0. The van der Waals surface area contributed by atoms with Crippen LogP contribution in [-0.4, -0.2) is 17.1 Å². The van der Waals surface area contributed by atoms with Crippen molar-refractivity contribution >= 4 is 29.0 Å². The second-order valence-electron chi connectivity index (χ2n) is 4.57. The van der Waals surface area contributed by atoms with Gasteiger partial charge in [0, 0.05) is 4.88 Å². The van der Waals surface area contributed by atoms with Gasteiger partial charge in [-0.05, 0) is 39.2 Å². The molecule has 1 N–H and O–H groups in total. The zero-order valence-corrected chi connectivity index (χ0v) is 13.7. The lowest BCUT2D eigenvalue weighted by Crippen LogP contribution is -2.26. The lowest BCUT2D eigenvalue weighted by molar-refractivity contribution is 0.0909. The fraction of sp³-hybridized carbons (Fsp3) is 0.429. The maximum atomic E-state index is 12.1. The molecule has 0 unspecified atom stereocenters. The van der Waals surface area contributed by atoms with Crippen LogP contribution >= 0.6 is 23.1 Å². The summed E-state index contributed by atoms with van der Waals surface area (Å²) in [5.74, 6) is 1.74. The van der Waals surface area contributed by atoms with Crippen LogP contribution in [0.3, 0.4) is 0 Å². The first-order valence-electron chi connectivity index (χ1n) is 6.33. The lowest BCUT2D eigenvalue weighted by atomic mass is 10.2. The Morgan fingerprint density at radius 1 is 1.50 bits per heavy atom. The number of thiazole rings is 1. The fourth-order valence-corrected chi connectivity index (χ4v) is 3.36. The molecule has 0 bridgehead atoms. The Bertz CT molecular complexity index is 604. The first kappa shape index (κ1) is 15.1. The lowest BCUT2D eigenvalue weighted by Gasteiger charge is -2.11. The third kappa shape index (κ3) is 3.43. The highest BCUT2D eigenvalue weighted by atomic mass is 32.2. The molecule has 108 valence electrons. The first-order chi connectivity index (χ1) is 9.51. The van der Waals surface area contributed by atoms with Crippen molar-refractivity contribution in [2.75, 3.05) is 6.26 Å². The van der Waals surface area contributed by atoms with E-state index in [1.54, 1.807) is 29.2 Å².